The van der Waals surface area contributed by atoms with E-state index in [2.05, 4.69) is 53.6 Å². The number of para-hydroxylation sites is 1. The van der Waals surface area contributed by atoms with E-state index in [1.165, 1.54) is 5.69 Å². The summed E-state index contributed by atoms with van der Waals surface area (Å²) in [6.45, 7) is 8.58. The average molecular weight is 556 g/mol. The van der Waals surface area contributed by atoms with Crippen LogP contribution in [0.3, 0.4) is 0 Å². The van der Waals surface area contributed by atoms with Crippen LogP contribution in [0.4, 0.5) is 5.69 Å². The molecular weight excluding hydrogens is 519 g/mol. The largest absolute Gasteiger partial charge is 0.493 e. The second-order valence-electron chi connectivity index (χ2n) is 6.95. The molecule has 0 aliphatic rings. The molecule has 2 aromatic carbocycles. The van der Waals surface area contributed by atoms with E-state index in [-0.39, 0.29) is 37.2 Å². The summed E-state index contributed by atoms with van der Waals surface area (Å²) in [6, 6.07) is 16.2. The fraction of sp³-hybridized carbons (Fsp3) is 0.458. The lowest BCUT2D eigenvalue weighted by Crippen LogP contribution is -2.38. The highest BCUT2D eigenvalue weighted by Crippen LogP contribution is 2.28. The lowest BCUT2D eigenvalue weighted by Gasteiger charge is -2.23. The van der Waals surface area contributed by atoms with Crippen molar-refractivity contribution in [3.8, 4) is 11.5 Å². The minimum absolute atomic E-state index is 0. The maximum Gasteiger partial charge on any atom is 0.191 e. The normalized spacial score (nSPS) is 10.8. The van der Waals surface area contributed by atoms with Gasteiger partial charge in [0.1, 0.15) is 6.61 Å². The molecule has 32 heavy (non-hydrogen) atoms. The van der Waals surface area contributed by atoms with Crippen LogP contribution in [0.2, 0.25) is 0 Å². The second-order valence-corrected chi connectivity index (χ2v) is 6.95. The number of guanidine groups is 1. The van der Waals surface area contributed by atoms with Crippen LogP contribution in [0.15, 0.2) is 53.5 Å². The number of aliphatic imine (C=N–C) groups is 1. The van der Waals surface area contributed by atoms with Gasteiger partial charge in [-0.2, -0.15) is 0 Å². The highest BCUT2D eigenvalue weighted by atomic mass is 127. The number of hydrogen-bond donors (Lipinski definition) is 3. The number of ether oxygens (including phenoxy) is 2. The monoisotopic (exact) mass is 556 g/mol. The molecule has 0 bridgehead atoms. The van der Waals surface area contributed by atoms with Crippen molar-refractivity contribution >= 4 is 35.6 Å². The van der Waals surface area contributed by atoms with E-state index in [0.717, 1.165) is 44.1 Å². The number of anilines is 1. The quantitative estimate of drug-likeness (QED) is 0.151. The molecule has 3 N–H and O–H groups in total. The summed E-state index contributed by atoms with van der Waals surface area (Å²) in [5.41, 5.74) is 2.28. The van der Waals surface area contributed by atoms with Crippen LogP contribution in [0, 0.1) is 0 Å². The molecule has 0 radical (unpaired) electrons. The standard InChI is InChI=1S/C24H36N4O3.HI/c1-4-25-24(26-14-9-15-28(5-2)21-10-7-6-8-11-21)27-19-20-12-13-22(31-17-16-29)23(18-20)30-3;/h6-8,10-13,18,29H,4-5,9,14-17,19H2,1-3H3,(H2,25,26,27);1H. The third kappa shape index (κ3) is 9.52. The van der Waals surface area contributed by atoms with Crippen LogP contribution in [-0.2, 0) is 6.54 Å². The molecule has 0 aliphatic carbocycles. The van der Waals surface area contributed by atoms with Gasteiger partial charge in [0.25, 0.3) is 0 Å². The van der Waals surface area contributed by atoms with Crippen molar-refractivity contribution in [3.63, 3.8) is 0 Å². The van der Waals surface area contributed by atoms with E-state index in [1.807, 2.05) is 24.3 Å². The number of benzene rings is 2. The van der Waals surface area contributed by atoms with Gasteiger partial charge >= 0.3 is 0 Å². The lowest BCUT2D eigenvalue weighted by atomic mass is 10.2. The number of methoxy groups -OCH3 is 1. The summed E-state index contributed by atoms with van der Waals surface area (Å²) < 4.78 is 10.9. The SMILES string of the molecule is CCNC(=NCc1ccc(OCCO)c(OC)c1)NCCCN(CC)c1ccccc1.I. The molecule has 7 nitrogen and oxygen atoms in total. The molecule has 0 fully saturated rings. The molecule has 0 aromatic heterocycles. The third-order valence-electron chi connectivity index (χ3n) is 4.74. The van der Waals surface area contributed by atoms with E-state index in [0.29, 0.717) is 18.0 Å². The Morgan fingerprint density at radius 1 is 1.06 bits per heavy atom. The van der Waals surface area contributed by atoms with Gasteiger partial charge in [-0.15, -0.1) is 24.0 Å². The Hall–Kier alpha value is -2.20. The highest BCUT2D eigenvalue weighted by molar-refractivity contribution is 14.0. The number of aliphatic hydroxyl groups is 1. The van der Waals surface area contributed by atoms with Crippen LogP contribution in [0.25, 0.3) is 0 Å². The molecule has 8 heteroatoms. The third-order valence-corrected chi connectivity index (χ3v) is 4.74. The van der Waals surface area contributed by atoms with Gasteiger partial charge in [0, 0.05) is 31.9 Å². The van der Waals surface area contributed by atoms with Crippen molar-refractivity contribution in [2.75, 3.05) is 51.4 Å². The van der Waals surface area contributed by atoms with Crippen LogP contribution in [-0.4, -0.2) is 57.6 Å². The number of aliphatic hydroxyl groups excluding tert-OH is 1. The highest BCUT2D eigenvalue weighted by Gasteiger charge is 2.07. The summed E-state index contributed by atoms with van der Waals surface area (Å²) in [5, 5.41) is 15.6. The Morgan fingerprint density at radius 2 is 1.84 bits per heavy atom. The number of halogens is 1. The first-order valence-electron chi connectivity index (χ1n) is 10.9. The molecule has 2 rings (SSSR count). The first kappa shape index (κ1) is 27.8. The Labute approximate surface area is 209 Å². The number of rotatable bonds is 13. The van der Waals surface area contributed by atoms with Crippen molar-refractivity contribution in [2.45, 2.75) is 26.8 Å². The number of nitrogens with zero attached hydrogens (tertiary/aromatic N) is 2. The lowest BCUT2D eigenvalue weighted by molar-refractivity contribution is 0.196. The predicted octanol–water partition coefficient (Wildman–Crippen LogP) is 3.66. The Bertz CT molecular complexity index is 790. The summed E-state index contributed by atoms with van der Waals surface area (Å²) in [6.07, 6.45) is 1.01. The zero-order chi connectivity index (χ0) is 22.3. The van der Waals surface area contributed by atoms with E-state index in [9.17, 15) is 0 Å². The van der Waals surface area contributed by atoms with Gasteiger partial charge in [-0.25, -0.2) is 4.99 Å². The Balaban J connectivity index is 0.00000512. The van der Waals surface area contributed by atoms with Crippen molar-refractivity contribution in [1.82, 2.24) is 10.6 Å². The number of nitrogens with one attached hydrogen (secondary N) is 2. The van der Waals surface area contributed by atoms with Gasteiger partial charge < -0.3 is 30.1 Å². The molecule has 0 amide bonds. The second kappa shape index (κ2) is 16.4. The maximum absolute atomic E-state index is 8.93. The molecule has 0 aliphatic heterocycles. The van der Waals surface area contributed by atoms with E-state index < -0.39 is 0 Å². The Kier molecular flexibility index (Phi) is 14.3. The minimum Gasteiger partial charge on any atom is -0.493 e. The molecule has 0 atom stereocenters. The molecular formula is C24H37IN4O3. The van der Waals surface area contributed by atoms with Gasteiger partial charge in [-0.3, -0.25) is 0 Å². The van der Waals surface area contributed by atoms with Crippen molar-refractivity contribution in [1.29, 1.82) is 0 Å². The summed E-state index contributed by atoms with van der Waals surface area (Å²) >= 11 is 0. The van der Waals surface area contributed by atoms with Crippen LogP contribution < -0.4 is 25.0 Å². The van der Waals surface area contributed by atoms with E-state index >= 15 is 0 Å². The first-order valence-corrected chi connectivity index (χ1v) is 10.9. The van der Waals surface area contributed by atoms with Gasteiger partial charge in [-0.05, 0) is 50.1 Å². The van der Waals surface area contributed by atoms with Gasteiger partial charge in [0.05, 0.1) is 20.3 Å². The first-order chi connectivity index (χ1) is 15.2. The minimum atomic E-state index is -0.0335. The van der Waals surface area contributed by atoms with Gasteiger partial charge in [0.2, 0.25) is 0 Å². The molecule has 0 spiro atoms. The maximum atomic E-state index is 8.93. The average Bonchev–Trinajstić information content (AvgIpc) is 2.81. The molecule has 0 unspecified atom stereocenters. The predicted molar refractivity (Wildman–Crippen MR) is 143 cm³/mol. The fourth-order valence-corrected chi connectivity index (χ4v) is 3.18. The molecule has 178 valence electrons. The zero-order valence-electron chi connectivity index (χ0n) is 19.3. The molecule has 0 heterocycles. The molecule has 2 aromatic rings. The van der Waals surface area contributed by atoms with Crippen molar-refractivity contribution in [2.24, 2.45) is 4.99 Å². The molecule has 0 saturated heterocycles. The topological polar surface area (TPSA) is 78.4 Å². The fourth-order valence-electron chi connectivity index (χ4n) is 3.18. The zero-order valence-corrected chi connectivity index (χ0v) is 21.7. The number of hydrogen-bond acceptors (Lipinski definition) is 5. The summed E-state index contributed by atoms with van der Waals surface area (Å²) in [4.78, 5) is 7.06. The van der Waals surface area contributed by atoms with Crippen LogP contribution >= 0.6 is 24.0 Å². The summed E-state index contributed by atoms with van der Waals surface area (Å²) in [5.74, 6) is 2.05. The van der Waals surface area contributed by atoms with Crippen molar-refractivity contribution in [3.05, 3.63) is 54.1 Å². The van der Waals surface area contributed by atoms with Crippen molar-refractivity contribution < 1.29 is 14.6 Å². The van der Waals surface area contributed by atoms with Crippen LogP contribution in [0.5, 0.6) is 11.5 Å². The van der Waals surface area contributed by atoms with Gasteiger partial charge in [-0.1, -0.05) is 24.3 Å². The van der Waals surface area contributed by atoms with Crippen LogP contribution in [0.1, 0.15) is 25.8 Å². The summed E-state index contributed by atoms with van der Waals surface area (Å²) in [7, 11) is 1.61. The smallest absolute Gasteiger partial charge is 0.191 e. The van der Waals surface area contributed by atoms with Gasteiger partial charge in [0.15, 0.2) is 17.5 Å². The van der Waals surface area contributed by atoms with E-state index in [4.69, 9.17) is 19.6 Å². The molecule has 0 saturated carbocycles. The Morgan fingerprint density at radius 3 is 2.50 bits per heavy atom. The van der Waals surface area contributed by atoms with E-state index in [1.54, 1.807) is 7.11 Å².